The van der Waals surface area contributed by atoms with Crippen molar-refractivity contribution in [3.05, 3.63) is 69.2 Å². The van der Waals surface area contributed by atoms with E-state index >= 15 is 0 Å². The van der Waals surface area contributed by atoms with Gasteiger partial charge in [-0.25, -0.2) is 12.7 Å². The molecule has 31 heavy (non-hydrogen) atoms. The Bertz CT molecular complexity index is 1040. The number of benzene rings is 2. The highest BCUT2D eigenvalue weighted by molar-refractivity contribution is 9.10. The average molecular weight is 505 g/mol. The van der Waals surface area contributed by atoms with Crippen LogP contribution in [0, 0.1) is 5.92 Å². The van der Waals surface area contributed by atoms with Crippen LogP contribution in [0.5, 0.6) is 0 Å². The van der Waals surface area contributed by atoms with Crippen molar-refractivity contribution in [1.82, 2.24) is 9.62 Å². The number of carbonyl (C=O) groups excluding carboxylic acids is 1. The van der Waals surface area contributed by atoms with Crippen molar-refractivity contribution < 1.29 is 13.2 Å². The van der Waals surface area contributed by atoms with Gasteiger partial charge in [0.2, 0.25) is 15.9 Å². The van der Waals surface area contributed by atoms with Gasteiger partial charge in [-0.1, -0.05) is 46.3 Å². The van der Waals surface area contributed by atoms with Crippen LogP contribution in [-0.4, -0.2) is 31.7 Å². The number of carbonyl (C=O) groups is 1. The van der Waals surface area contributed by atoms with Crippen LogP contribution in [0.4, 0.5) is 0 Å². The molecule has 4 rings (SSSR count). The minimum absolute atomic E-state index is 0.00743. The second-order valence-corrected chi connectivity index (χ2v) is 11.6. The quantitative estimate of drug-likeness (QED) is 0.635. The van der Waals surface area contributed by atoms with Crippen molar-refractivity contribution in [1.29, 1.82) is 0 Å². The van der Waals surface area contributed by atoms with Crippen LogP contribution >= 0.6 is 15.9 Å². The van der Waals surface area contributed by atoms with Gasteiger partial charge in [0.05, 0.1) is 11.8 Å². The highest BCUT2D eigenvalue weighted by Crippen LogP contribution is 2.27. The van der Waals surface area contributed by atoms with Crippen molar-refractivity contribution >= 4 is 31.9 Å². The molecule has 1 aliphatic carbocycles. The molecule has 1 fully saturated rings. The van der Waals surface area contributed by atoms with Crippen molar-refractivity contribution in [2.45, 2.75) is 50.8 Å². The summed E-state index contributed by atoms with van der Waals surface area (Å²) in [4.78, 5) is 12.8. The van der Waals surface area contributed by atoms with E-state index in [1.807, 2.05) is 31.2 Å². The normalized spacial score (nSPS) is 18.5. The summed E-state index contributed by atoms with van der Waals surface area (Å²) in [5.74, 6) is -0.124. The second kappa shape index (κ2) is 9.43. The number of piperidine rings is 1. The third-order valence-corrected chi connectivity index (χ3v) is 8.84. The predicted molar refractivity (Wildman–Crippen MR) is 126 cm³/mol. The molecule has 5 nitrogen and oxygen atoms in total. The highest BCUT2D eigenvalue weighted by Gasteiger charge is 2.31. The molecule has 0 spiro atoms. The molecular weight excluding hydrogens is 476 g/mol. The summed E-state index contributed by atoms with van der Waals surface area (Å²) in [6.45, 7) is 2.81. The van der Waals surface area contributed by atoms with Crippen LogP contribution in [-0.2, 0) is 33.4 Å². The molecule has 0 saturated carbocycles. The lowest BCUT2D eigenvalue weighted by Crippen LogP contribution is -2.43. The first-order valence-corrected chi connectivity index (χ1v) is 13.4. The summed E-state index contributed by atoms with van der Waals surface area (Å²) in [7, 11) is -3.38. The van der Waals surface area contributed by atoms with Crippen LogP contribution in [0.25, 0.3) is 0 Å². The summed E-state index contributed by atoms with van der Waals surface area (Å²) in [5.41, 5.74) is 4.75. The largest absolute Gasteiger partial charge is 0.349 e. The van der Waals surface area contributed by atoms with E-state index in [9.17, 15) is 13.2 Å². The Kier molecular flexibility index (Phi) is 6.84. The van der Waals surface area contributed by atoms with Gasteiger partial charge in [-0.3, -0.25) is 4.79 Å². The molecule has 1 amide bonds. The van der Waals surface area contributed by atoms with Crippen LogP contribution in [0.2, 0.25) is 0 Å². The summed E-state index contributed by atoms with van der Waals surface area (Å²) in [5, 5.41) is 3.14. The van der Waals surface area contributed by atoms with Crippen LogP contribution in [0.1, 0.15) is 54.5 Å². The van der Waals surface area contributed by atoms with E-state index in [-0.39, 0.29) is 23.6 Å². The number of hydrogen-bond acceptors (Lipinski definition) is 3. The Labute approximate surface area is 193 Å². The minimum Gasteiger partial charge on any atom is -0.349 e. The lowest BCUT2D eigenvalue weighted by Gasteiger charge is -2.31. The van der Waals surface area contributed by atoms with E-state index in [0.29, 0.717) is 25.9 Å². The molecule has 1 aliphatic heterocycles. The molecule has 1 N–H and O–H groups in total. The maximum absolute atomic E-state index is 12.8. The first-order valence-electron chi connectivity index (χ1n) is 11.0. The van der Waals surface area contributed by atoms with E-state index in [1.54, 1.807) is 0 Å². The summed E-state index contributed by atoms with van der Waals surface area (Å²) >= 11 is 3.37. The maximum Gasteiger partial charge on any atom is 0.223 e. The minimum atomic E-state index is -3.38. The molecule has 1 saturated heterocycles. The highest BCUT2D eigenvalue weighted by atomic mass is 79.9. The fraction of sp³-hybridized carbons (Fsp3) is 0.458. The molecular formula is C24H29BrN2O3S. The first kappa shape index (κ1) is 22.5. The van der Waals surface area contributed by atoms with Crippen LogP contribution in [0.15, 0.2) is 46.9 Å². The van der Waals surface area contributed by atoms with Crippen molar-refractivity contribution in [3.63, 3.8) is 0 Å². The molecule has 7 heteroatoms. The second-order valence-electron chi connectivity index (χ2n) is 8.67. The van der Waals surface area contributed by atoms with Gasteiger partial charge in [0, 0.05) is 23.5 Å². The Morgan fingerprint density at radius 2 is 1.77 bits per heavy atom. The number of nitrogens with zero attached hydrogens (tertiary/aromatic N) is 1. The third kappa shape index (κ3) is 5.38. The molecule has 2 aliphatic rings. The molecule has 0 radical (unpaired) electrons. The topological polar surface area (TPSA) is 66.5 Å². The fourth-order valence-corrected chi connectivity index (χ4v) is 6.38. The number of amides is 1. The van der Waals surface area contributed by atoms with Gasteiger partial charge in [-0.05, 0) is 73.4 Å². The van der Waals surface area contributed by atoms with Gasteiger partial charge in [-0.2, -0.15) is 0 Å². The molecule has 2 aromatic rings. The zero-order valence-corrected chi connectivity index (χ0v) is 20.2. The van der Waals surface area contributed by atoms with Gasteiger partial charge in [-0.15, -0.1) is 0 Å². The Morgan fingerprint density at radius 1 is 1.10 bits per heavy atom. The zero-order chi connectivity index (χ0) is 22.0. The van der Waals surface area contributed by atoms with Gasteiger partial charge in [0.25, 0.3) is 0 Å². The Morgan fingerprint density at radius 3 is 2.48 bits per heavy atom. The molecule has 166 valence electrons. The predicted octanol–water partition coefficient (Wildman–Crippen LogP) is 4.36. The first-order chi connectivity index (χ1) is 14.8. The van der Waals surface area contributed by atoms with E-state index in [1.165, 1.54) is 21.9 Å². The van der Waals surface area contributed by atoms with Gasteiger partial charge in [0.15, 0.2) is 0 Å². The third-order valence-electron chi connectivity index (χ3n) is 6.46. The lowest BCUT2D eigenvalue weighted by molar-refractivity contribution is -0.126. The van der Waals surface area contributed by atoms with Crippen molar-refractivity contribution in [2.24, 2.45) is 5.92 Å². The number of hydrogen-bond donors (Lipinski definition) is 1. The van der Waals surface area contributed by atoms with Gasteiger partial charge in [0.1, 0.15) is 0 Å². The van der Waals surface area contributed by atoms with E-state index in [4.69, 9.17) is 0 Å². The number of aryl methyl sites for hydroxylation is 2. The maximum atomic E-state index is 12.8. The summed E-state index contributed by atoms with van der Waals surface area (Å²) < 4.78 is 28.0. The smallest absolute Gasteiger partial charge is 0.223 e. The van der Waals surface area contributed by atoms with E-state index in [0.717, 1.165) is 28.4 Å². The molecule has 1 atom stereocenters. The summed E-state index contributed by atoms with van der Waals surface area (Å²) in [6, 6.07) is 13.8. The fourth-order valence-electron chi connectivity index (χ4n) is 4.55. The van der Waals surface area contributed by atoms with Crippen LogP contribution in [0.3, 0.4) is 0 Å². The SMILES string of the molecule is C[C@@H](NC(=O)C1CCN(S(=O)(=O)Cc2ccc(Br)cc2)CC1)c1ccc2c(c1)CCC2. The van der Waals surface area contributed by atoms with E-state index < -0.39 is 10.0 Å². The number of rotatable bonds is 6. The average Bonchev–Trinajstić information content (AvgIpc) is 3.23. The van der Waals surface area contributed by atoms with Gasteiger partial charge >= 0.3 is 0 Å². The van der Waals surface area contributed by atoms with E-state index in [2.05, 4.69) is 39.4 Å². The van der Waals surface area contributed by atoms with Crippen molar-refractivity contribution in [3.8, 4) is 0 Å². The lowest BCUT2D eigenvalue weighted by atomic mass is 9.96. The standard InChI is InChI=1S/C24H29BrN2O3S/c1-17(21-8-7-19-3-2-4-22(19)15-21)26-24(28)20-11-13-27(14-12-20)31(29,30)16-18-5-9-23(25)10-6-18/h5-10,15,17,20H,2-4,11-14,16H2,1H3,(H,26,28)/t17-/m1/s1. The molecule has 0 unspecified atom stereocenters. The number of sulfonamides is 1. The monoisotopic (exact) mass is 504 g/mol. The molecule has 0 bridgehead atoms. The molecule has 1 heterocycles. The number of halogens is 1. The summed E-state index contributed by atoms with van der Waals surface area (Å²) in [6.07, 6.45) is 4.60. The van der Waals surface area contributed by atoms with Crippen molar-refractivity contribution in [2.75, 3.05) is 13.1 Å². The Balaban J connectivity index is 1.30. The molecule has 0 aromatic heterocycles. The zero-order valence-electron chi connectivity index (χ0n) is 17.8. The molecule has 2 aromatic carbocycles. The van der Waals surface area contributed by atoms with Gasteiger partial charge < -0.3 is 5.32 Å². The number of nitrogens with one attached hydrogen (secondary N) is 1. The van der Waals surface area contributed by atoms with Crippen LogP contribution < -0.4 is 5.32 Å². The Hall–Kier alpha value is -1.70. The number of fused-ring (bicyclic) bond motifs is 1.